The molecule has 0 spiro atoms. The largest absolute Gasteiger partial charge is 0.389 e. The zero-order valence-electron chi connectivity index (χ0n) is 9.48. The number of hydrogen-bond donors (Lipinski definition) is 2. The van der Waals surface area contributed by atoms with Gasteiger partial charge in [-0.25, -0.2) is 0 Å². The van der Waals surface area contributed by atoms with Crippen molar-refractivity contribution in [3.05, 3.63) is 12.2 Å². The molecule has 1 saturated carbocycles. The van der Waals surface area contributed by atoms with Gasteiger partial charge in [0, 0.05) is 19.5 Å². The molecule has 90 valence electrons. The quantitative estimate of drug-likeness (QED) is 0.728. The van der Waals surface area contributed by atoms with Crippen LogP contribution in [0.25, 0.3) is 0 Å². The maximum atomic E-state index is 10.2. The highest BCUT2D eigenvalue weighted by molar-refractivity contribution is 4.85. The lowest BCUT2D eigenvalue weighted by molar-refractivity contribution is 0.00508. The van der Waals surface area contributed by atoms with E-state index in [2.05, 4.69) is 15.5 Å². The summed E-state index contributed by atoms with van der Waals surface area (Å²) in [6.07, 6.45) is 7.50. The molecule has 1 aliphatic carbocycles. The van der Waals surface area contributed by atoms with Crippen LogP contribution < -0.4 is 5.32 Å². The van der Waals surface area contributed by atoms with E-state index in [1.807, 2.05) is 0 Å². The third-order valence-corrected chi connectivity index (χ3v) is 3.16. The first-order valence-corrected chi connectivity index (χ1v) is 5.97. The van der Waals surface area contributed by atoms with E-state index in [-0.39, 0.29) is 0 Å². The van der Waals surface area contributed by atoms with Crippen molar-refractivity contribution in [1.82, 2.24) is 15.5 Å². The minimum absolute atomic E-state index is 0.493. The van der Waals surface area contributed by atoms with Crippen LogP contribution in [-0.2, 0) is 6.42 Å². The van der Waals surface area contributed by atoms with Crippen LogP contribution in [0, 0.1) is 0 Å². The molecule has 0 amide bonds. The van der Waals surface area contributed by atoms with Gasteiger partial charge in [0.25, 0.3) is 0 Å². The summed E-state index contributed by atoms with van der Waals surface area (Å²) in [6, 6.07) is 0. The average Bonchev–Trinajstić information content (AvgIpc) is 2.78. The standard InChI is InChI=1S/C11H19N3O2/c15-11(5-2-1-3-6-11)8-12-7-4-10-13-9-14-16-10/h9,12,15H,1-8H2. The van der Waals surface area contributed by atoms with Crippen LogP contribution in [0.15, 0.2) is 10.9 Å². The van der Waals surface area contributed by atoms with Crippen molar-refractivity contribution in [2.75, 3.05) is 13.1 Å². The Morgan fingerprint density at radius 2 is 2.19 bits per heavy atom. The predicted molar refractivity (Wildman–Crippen MR) is 58.9 cm³/mol. The first kappa shape index (κ1) is 11.5. The summed E-state index contributed by atoms with van der Waals surface area (Å²) in [7, 11) is 0. The van der Waals surface area contributed by atoms with Crippen molar-refractivity contribution >= 4 is 0 Å². The minimum atomic E-state index is -0.493. The summed E-state index contributed by atoms with van der Waals surface area (Å²) in [5.41, 5.74) is -0.493. The van der Waals surface area contributed by atoms with E-state index in [9.17, 15) is 5.11 Å². The monoisotopic (exact) mass is 225 g/mol. The van der Waals surface area contributed by atoms with E-state index in [1.54, 1.807) is 0 Å². The summed E-state index contributed by atoms with van der Waals surface area (Å²) in [5.74, 6) is 0.642. The lowest BCUT2D eigenvalue weighted by Gasteiger charge is -2.32. The first-order chi connectivity index (χ1) is 7.79. The Hall–Kier alpha value is -0.940. The van der Waals surface area contributed by atoms with Gasteiger partial charge in [0.2, 0.25) is 5.89 Å². The van der Waals surface area contributed by atoms with E-state index in [1.165, 1.54) is 12.7 Å². The van der Waals surface area contributed by atoms with Crippen LogP contribution in [0.4, 0.5) is 0 Å². The Morgan fingerprint density at radius 3 is 2.88 bits per heavy atom. The Balaban J connectivity index is 1.63. The topological polar surface area (TPSA) is 71.2 Å². The average molecular weight is 225 g/mol. The third kappa shape index (κ3) is 3.28. The fourth-order valence-corrected chi connectivity index (χ4v) is 2.21. The number of hydrogen-bond acceptors (Lipinski definition) is 5. The van der Waals surface area contributed by atoms with Gasteiger partial charge in [-0.2, -0.15) is 4.98 Å². The fraction of sp³-hybridized carbons (Fsp3) is 0.818. The highest BCUT2D eigenvalue weighted by atomic mass is 16.5. The van der Waals surface area contributed by atoms with Gasteiger partial charge in [0.15, 0.2) is 6.33 Å². The Labute approximate surface area is 95.2 Å². The highest BCUT2D eigenvalue weighted by Gasteiger charge is 2.28. The van der Waals surface area contributed by atoms with Crippen molar-refractivity contribution in [3.63, 3.8) is 0 Å². The molecule has 2 N–H and O–H groups in total. The van der Waals surface area contributed by atoms with Gasteiger partial charge in [0.1, 0.15) is 0 Å². The summed E-state index contributed by atoms with van der Waals surface area (Å²) in [5, 5.41) is 17.0. The van der Waals surface area contributed by atoms with Gasteiger partial charge in [-0.05, 0) is 12.8 Å². The van der Waals surface area contributed by atoms with Crippen molar-refractivity contribution in [2.45, 2.75) is 44.1 Å². The molecule has 0 radical (unpaired) electrons. The van der Waals surface area contributed by atoms with Crippen molar-refractivity contribution in [2.24, 2.45) is 0 Å². The smallest absolute Gasteiger partial charge is 0.227 e. The van der Waals surface area contributed by atoms with Crippen molar-refractivity contribution < 1.29 is 9.63 Å². The molecule has 1 heterocycles. The molecular weight excluding hydrogens is 206 g/mol. The Morgan fingerprint density at radius 1 is 1.38 bits per heavy atom. The second-order valence-corrected chi connectivity index (χ2v) is 4.55. The molecule has 2 rings (SSSR count). The lowest BCUT2D eigenvalue weighted by atomic mass is 9.85. The molecule has 5 nitrogen and oxygen atoms in total. The molecule has 0 aromatic carbocycles. The lowest BCUT2D eigenvalue weighted by Crippen LogP contribution is -2.42. The van der Waals surface area contributed by atoms with Crippen molar-refractivity contribution in [3.8, 4) is 0 Å². The predicted octanol–water partition coefficient (Wildman–Crippen LogP) is 0.897. The molecule has 1 aromatic rings. The third-order valence-electron chi connectivity index (χ3n) is 3.16. The van der Waals surface area contributed by atoms with E-state index < -0.39 is 5.60 Å². The van der Waals surface area contributed by atoms with Crippen LogP contribution in [0.3, 0.4) is 0 Å². The second-order valence-electron chi connectivity index (χ2n) is 4.55. The SMILES string of the molecule is OC1(CNCCc2ncno2)CCCCC1. The molecule has 1 fully saturated rings. The molecule has 0 atom stereocenters. The molecule has 5 heteroatoms. The number of nitrogens with zero attached hydrogens (tertiary/aromatic N) is 2. The molecule has 16 heavy (non-hydrogen) atoms. The molecule has 0 unspecified atom stereocenters. The Bertz CT molecular complexity index is 294. The number of nitrogens with one attached hydrogen (secondary N) is 1. The molecule has 0 aliphatic heterocycles. The van der Waals surface area contributed by atoms with Crippen molar-refractivity contribution in [1.29, 1.82) is 0 Å². The van der Waals surface area contributed by atoms with E-state index in [4.69, 9.17) is 4.52 Å². The van der Waals surface area contributed by atoms with Gasteiger partial charge in [-0.15, -0.1) is 0 Å². The van der Waals surface area contributed by atoms with Crippen LogP contribution in [0.5, 0.6) is 0 Å². The van der Waals surface area contributed by atoms with Crippen LogP contribution in [0.1, 0.15) is 38.0 Å². The van der Waals surface area contributed by atoms with Gasteiger partial charge in [-0.3, -0.25) is 0 Å². The molecule has 0 bridgehead atoms. The second kappa shape index (κ2) is 5.41. The van der Waals surface area contributed by atoms with Gasteiger partial charge < -0.3 is 14.9 Å². The van der Waals surface area contributed by atoms with E-state index in [0.717, 1.165) is 38.6 Å². The summed E-state index contributed by atoms with van der Waals surface area (Å²) in [6.45, 7) is 1.44. The molecule has 1 aromatic heterocycles. The Kier molecular flexibility index (Phi) is 3.90. The number of rotatable bonds is 5. The minimum Gasteiger partial charge on any atom is -0.389 e. The number of aromatic nitrogens is 2. The van der Waals surface area contributed by atoms with Gasteiger partial charge >= 0.3 is 0 Å². The maximum Gasteiger partial charge on any atom is 0.227 e. The van der Waals surface area contributed by atoms with Crippen LogP contribution >= 0.6 is 0 Å². The maximum absolute atomic E-state index is 10.2. The van der Waals surface area contributed by atoms with Gasteiger partial charge in [-0.1, -0.05) is 24.4 Å². The van der Waals surface area contributed by atoms with Crippen LogP contribution in [-0.4, -0.2) is 33.9 Å². The zero-order valence-corrected chi connectivity index (χ0v) is 9.48. The normalized spacial score (nSPS) is 19.8. The summed E-state index contributed by atoms with van der Waals surface area (Å²) < 4.78 is 4.89. The molecular formula is C11H19N3O2. The molecule has 0 saturated heterocycles. The first-order valence-electron chi connectivity index (χ1n) is 5.97. The highest BCUT2D eigenvalue weighted by Crippen LogP contribution is 2.27. The zero-order chi connectivity index (χ0) is 11.3. The van der Waals surface area contributed by atoms with Gasteiger partial charge in [0.05, 0.1) is 5.60 Å². The molecule has 1 aliphatic rings. The fourth-order valence-electron chi connectivity index (χ4n) is 2.21. The summed E-state index contributed by atoms with van der Waals surface area (Å²) >= 11 is 0. The number of aliphatic hydroxyl groups is 1. The summed E-state index contributed by atoms with van der Waals surface area (Å²) in [4.78, 5) is 3.94. The van der Waals surface area contributed by atoms with E-state index in [0.29, 0.717) is 12.4 Å². The van der Waals surface area contributed by atoms with Crippen LogP contribution in [0.2, 0.25) is 0 Å². The van der Waals surface area contributed by atoms with E-state index >= 15 is 0 Å².